The standard InChI is InChI=1S/C13H19NO2/c1-13(2)11-4-3-10(12(13)7-11)5-6-14(8-15)9-16/h3,8-9,11-12H,4-7H2,1-2H3/t11-,12-/m0/s1. The molecule has 88 valence electrons. The largest absolute Gasteiger partial charge is 0.288 e. The molecule has 3 rings (SSSR count). The van der Waals surface area contributed by atoms with Crippen molar-refractivity contribution in [3.05, 3.63) is 11.6 Å². The minimum Gasteiger partial charge on any atom is -0.288 e. The average molecular weight is 221 g/mol. The minimum atomic E-state index is 0.428. The van der Waals surface area contributed by atoms with Crippen molar-refractivity contribution in [2.24, 2.45) is 17.3 Å². The van der Waals surface area contributed by atoms with Crippen LogP contribution in [0.3, 0.4) is 0 Å². The number of amides is 2. The third-order valence-electron chi connectivity index (χ3n) is 4.51. The SMILES string of the molecule is CC1(C)[C@H]2CC=C(CCN(C=O)C=O)[C@@H]1C2. The zero-order chi connectivity index (χ0) is 11.8. The van der Waals surface area contributed by atoms with E-state index in [-0.39, 0.29) is 0 Å². The molecule has 2 atom stereocenters. The van der Waals surface area contributed by atoms with Crippen LogP contribution in [0.1, 0.15) is 33.1 Å². The lowest BCUT2D eigenvalue weighted by molar-refractivity contribution is -0.129. The molecule has 16 heavy (non-hydrogen) atoms. The molecule has 3 aliphatic carbocycles. The van der Waals surface area contributed by atoms with Gasteiger partial charge in [0, 0.05) is 6.54 Å². The second-order valence-electron chi connectivity index (χ2n) is 5.52. The Morgan fingerprint density at radius 1 is 1.44 bits per heavy atom. The highest BCUT2D eigenvalue weighted by molar-refractivity contribution is 5.68. The van der Waals surface area contributed by atoms with Gasteiger partial charge in [-0.25, -0.2) is 0 Å². The summed E-state index contributed by atoms with van der Waals surface area (Å²) in [6.07, 6.45) is 6.83. The van der Waals surface area contributed by atoms with Gasteiger partial charge in [-0.1, -0.05) is 25.5 Å². The summed E-state index contributed by atoms with van der Waals surface area (Å²) < 4.78 is 0. The first-order valence-electron chi connectivity index (χ1n) is 5.95. The summed E-state index contributed by atoms with van der Waals surface area (Å²) in [7, 11) is 0. The monoisotopic (exact) mass is 221 g/mol. The first kappa shape index (κ1) is 11.4. The van der Waals surface area contributed by atoms with E-state index < -0.39 is 0 Å². The van der Waals surface area contributed by atoms with E-state index in [4.69, 9.17) is 0 Å². The zero-order valence-corrected chi connectivity index (χ0v) is 9.98. The molecule has 1 fully saturated rings. The maximum atomic E-state index is 10.5. The van der Waals surface area contributed by atoms with Crippen molar-refractivity contribution in [1.82, 2.24) is 4.90 Å². The molecule has 0 spiro atoms. The fourth-order valence-electron chi connectivity index (χ4n) is 3.15. The Morgan fingerprint density at radius 3 is 2.62 bits per heavy atom. The molecule has 0 saturated heterocycles. The molecule has 0 radical (unpaired) electrons. The van der Waals surface area contributed by atoms with E-state index in [2.05, 4.69) is 19.9 Å². The summed E-state index contributed by atoms with van der Waals surface area (Å²) in [6.45, 7) is 5.18. The molecule has 2 bridgehead atoms. The van der Waals surface area contributed by atoms with Gasteiger partial charge in [-0.05, 0) is 36.5 Å². The van der Waals surface area contributed by atoms with Crippen molar-refractivity contribution in [1.29, 1.82) is 0 Å². The maximum Gasteiger partial charge on any atom is 0.216 e. The van der Waals surface area contributed by atoms with Gasteiger partial charge in [0.05, 0.1) is 0 Å². The molecular formula is C13H19NO2. The van der Waals surface area contributed by atoms with E-state index in [0.29, 0.717) is 30.7 Å². The van der Waals surface area contributed by atoms with Crippen molar-refractivity contribution in [3.63, 3.8) is 0 Å². The Hall–Kier alpha value is -1.12. The predicted octanol–water partition coefficient (Wildman–Crippen LogP) is 1.98. The topological polar surface area (TPSA) is 37.4 Å². The van der Waals surface area contributed by atoms with Crippen LogP contribution in [-0.4, -0.2) is 24.3 Å². The number of nitrogens with zero attached hydrogens (tertiary/aromatic N) is 1. The quantitative estimate of drug-likeness (QED) is 0.526. The fourth-order valence-corrected chi connectivity index (χ4v) is 3.15. The molecule has 3 nitrogen and oxygen atoms in total. The van der Waals surface area contributed by atoms with Crippen LogP contribution in [0.2, 0.25) is 0 Å². The molecule has 1 saturated carbocycles. The van der Waals surface area contributed by atoms with E-state index in [1.54, 1.807) is 0 Å². The van der Waals surface area contributed by atoms with E-state index in [1.165, 1.54) is 23.3 Å². The van der Waals surface area contributed by atoms with Crippen LogP contribution >= 0.6 is 0 Å². The highest BCUT2D eigenvalue weighted by atomic mass is 16.2. The Kier molecular flexibility index (Phi) is 2.87. The molecule has 0 aromatic heterocycles. The van der Waals surface area contributed by atoms with Gasteiger partial charge in [-0.3, -0.25) is 14.5 Å². The van der Waals surface area contributed by atoms with Gasteiger partial charge in [0.2, 0.25) is 12.8 Å². The Balaban J connectivity index is 1.94. The van der Waals surface area contributed by atoms with Crippen molar-refractivity contribution in [2.75, 3.05) is 6.54 Å². The van der Waals surface area contributed by atoms with E-state index in [0.717, 1.165) is 12.3 Å². The highest BCUT2D eigenvalue weighted by Gasteiger charge is 2.50. The molecule has 0 heterocycles. The number of hydrogen-bond acceptors (Lipinski definition) is 2. The summed E-state index contributed by atoms with van der Waals surface area (Å²) >= 11 is 0. The van der Waals surface area contributed by atoms with Crippen LogP contribution < -0.4 is 0 Å². The third-order valence-corrected chi connectivity index (χ3v) is 4.51. The molecule has 0 unspecified atom stereocenters. The summed E-state index contributed by atoms with van der Waals surface area (Å²) in [5.74, 6) is 1.51. The van der Waals surface area contributed by atoms with E-state index >= 15 is 0 Å². The summed E-state index contributed by atoms with van der Waals surface area (Å²) in [4.78, 5) is 22.2. The lowest BCUT2D eigenvalue weighted by atomic mass is 9.48. The lowest BCUT2D eigenvalue weighted by Crippen LogP contribution is -2.48. The Bertz CT molecular complexity index is 325. The third kappa shape index (κ3) is 1.68. The van der Waals surface area contributed by atoms with Crippen molar-refractivity contribution >= 4 is 12.8 Å². The predicted molar refractivity (Wildman–Crippen MR) is 61.5 cm³/mol. The van der Waals surface area contributed by atoms with E-state index in [1.807, 2.05) is 0 Å². The van der Waals surface area contributed by atoms with Crippen LogP contribution in [-0.2, 0) is 9.59 Å². The molecular weight excluding hydrogens is 202 g/mol. The number of fused-ring (bicyclic) bond motifs is 1. The second-order valence-corrected chi connectivity index (χ2v) is 5.52. The van der Waals surface area contributed by atoms with Gasteiger partial charge in [0.1, 0.15) is 0 Å². The maximum absolute atomic E-state index is 10.5. The smallest absolute Gasteiger partial charge is 0.216 e. The van der Waals surface area contributed by atoms with Crippen LogP contribution in [0, 0.1) is 17.3 Å². The van der Waals surface area contributed by atoms with E-state index in [9.17, 15) is 9.59 Å². The van der Waals surface area contributed by atoms with Crippen LogP contribution in [0.5, 0.6) is 0 Å². The molecule has 0 aliphatic heterocycles. The number of allylic oxidation sites excluding steroid dienone is 1. The number of hydrogen-bond donors (Lipinski definition) is 0. The summed E-state index contributed by atoms with van der Waals surface area (Å²) in [5, 5.41) is 0. The molecule has 0 aromatic carbocycles. The zero-order valence-electron chi connectivity index (χ0n) is 9.98. The molecule has 0 aromatic rings. The van der Waals surface area contributed by atoms with Gasteiger partial charge in [-0.2, -0.15) is 0 Å². The van der Waals surface area contributed by atoms with Gasteiger partial charge in [0.25, 0.3) is 0 Å². The Labute approximate surface area is 96.5 Å². The number of rotatable bonds is 5. The second kappa shape index (κ2) is 4.04. The molecule has 3 aliphatic rings. The van der Waals surface area contributed by atoms with Crippen LogP contribution in [0.15, 0.2) is 11.6 Å². The number of imide groups is 1. The van der Waals surface area contributed by atoms with Crippen molar-refractivity contribution in [2.45, 2.75) is 33.1 Å². The minimum absolute atomic E-state index is 0.428. The van der Waals surface area contributed by atoms with Crippen molar-refractivity contribution < 1.29 is 9.59 Å². The van der Waals surface area contributed by atoms with Gasteiger partial charge < -0.3 is 0 Å². The van der Waals surface area contributed by atoms with Crippen LogP contribution in [0.4, 0.5) is 0 Å². The number of carbonyl (C=O) groups is 2. The highest BCUT2D eigenvalue weighted by Crippen LogP contribution is 2.59. The normalized spacial score (nSPS) is 30.0. The molecule has 0 N–H and O–H groups in total. The summed E-state index contributed by atoms with van der Waals surface area (Å²) in [5.41, 5.74) is 1.87. The number of carbonyl (C=O) groups excluding carboxylic acids is 2. The van der Waals surface area contributed by atoms with Gasteiger partial charge in [0.15, 0.2) is 0 Å². The Morgan fingerprint density at radius 2 is 2.12 bits per heavy atom. The fraction of sp³-hybridized carbons (Fsp3) is 0.692. The molecule has 3 heteroatoms. The van der Waals surface area contributed by atoms with Crippen molar-refractivity contribution in [3.8, 4) is 0 Å². The summed E-state index contributed by atoms with van der Waals surface area (Å²) in [6, 6.07) is 0. The lowest BCUT2D eigenvalue weighted by Gasteiger charge is -2.56. The van der Waals surface area contributed by atoms with Gasteiger partial charge in [-0.15, -0.1) is 0 Å². The van der Waals surface area contributed by atoms with Crippen LogP contribution in [0.25, 0.3) is 0 Å². The van der Waals surface area contributed by atoms with Gasteiger partial charge >= 0.3 is 0 Å². The average Bonchev–Trinajstić information content (AvgIpc) is 2.30. The first-order valence-corrected chi connectivity index (χ1v) is 5.95. The first-order chi connectivity index (χ1) is 7.59. The molecule has 2 amide bonds.